The summed E-state index contributed by atoms with van der Waals surface area (Å²) in [5, 5.41) is 2.40. The smallest absolute Gasteiger partial charge is 0.123 e. The summed E-state index contributed by atoms with van der Waals surface area (Å²) in [5.74, 6) is 0.869. The lowest BCUT2D eigenvalue weighted by Crippen LogP contribution is -2.00. The molecule has 0 aliphatic carbocycles. The molecule has 0 radical (unpaired) electrons. The van der Waals surface area contributed by atoms with Gasteiger partial charge in [-0.1, -0.05) is 29.8 Å². The zero-order chi connectivity index (χ0) is 10.8. The number of nitrogens with two attached hydrogens (primary N) is 1. The van der Waals surface area contributed by atoms with E-state index in [1.807, 2.05) is 6.07 Å². The number of methoxy groups -OCH3 is 1. The van der Waals surface area contributed by atoms with Gasteiger partial charge in [0.1, 0.15) is 5.75 Å². The minimum atomic E-state index is 0.504. The topological polar surface area (TPSA) is 35.2 Å². The maximum Gasteiger partial charge on any atom is 0.123 e. The highest BCUT2D eigenvalue weighted by Gasteiger charge is 2.06. The molecule has 2 nitrogen and oxygen atoms in total. The Morgan fingerprint density at radius 1 is 1.20 bits per heavy atom. The van der Waals surface area contributed by atoms with Crippen molar-refractivity contribution in [3.63, 3.8) is 0 Å². The Balaban J connectivity index is 2.76. The van der Waals surface area contributed by atoms with Crippen molar-refractivity contribution in [1.82, 2.24) is 0 Å². The maximum absolute atomic E-state index is 5.75. The van der Waals surface area contributed by atoms with Crippen LogP contribution in [0, 0.1) is 6.92 Å². The number of hydrogen-bond acceptors (Lipinski definition) is 2. The first-order chi connectivity index (χ1) is 7.26. The Bertz CT molecular complexity index is 491. The molecular weight excluding hydrogens is 186 g/mol. The molecule has 2 N–H and O–H groups in total. The Hall–Kier alpha value is -1.54. The molecule has 2 aromatic rings. The maximum atomic E-state index is 5.75. The van der Waals surface area contributed by atoms with E-state index in [2.05, 4.69) is 31.2 Å². The molecular formula is C13H15NO. The van der Waals surface area contributed by atoms with E-state index in [9.17, 15) is 0 Å². The summed E-state index contributed by atoms with van der Waals surface area (Å²) in [7, 11) is 1.68. The van der Waals surface area contributed by atoms with Crippen molar-refractivity contribution in [2.75, 3.05) is 7.11 Å². The third kappa shape index (κ3) is 1.68. The predicted octanol–water partition coefficient (Wildman–Crippen LogP) is 2.62. The van der Waals surface area contributed by atoms with Crippen molar-refractivity contribution in [1.29, 1.82) is 0 Å². The van der Waals surface area contributed by atoms with E-state index in [4.69, 9.17) is 10.5 Å². The van der Waals surface area contributed by atoms with E-state index in [-0.39, 0.29) is 0 Å². The molecule has 0 atom stereocenters. The van der Waals surface area contributed by atoms with Crippen molar-refractivity contribution in [2.45, 2.75) is 13.5 Å². The Morgan fingerprint density at radius 2 is 2.00 bits per heavy atom. The molecule has 0 saturated carbocycles. The normalized spacial score (nSPS) is 10.6. The Labute approximate surface area is 89.7 Å². The van der Waals surface area contributed by atoms with E-state index < -0.39 is 0 Å². The van der Waals surface area contributed by atoms with Crippen molar-refractivity contribution in [3.05, 3.63) is 41.5 Å². The van der Waals surface area contributed by atoms with Crippen LogP contribution in [0.1, 0.15) is 11.1 Å². The van der Waals surface area contributed by atoms with Gasteiger partial charge in [-0.2, -0.15) is 0 Å². The van der Waals surface area contributed by atoms with Crippen LogP contribution in [0.2, 0.25) is 0 Å². The van der Waals surface area contributed by atoms with Crippen LogP contribution in [0.3, 0.4) is 0 Å². The van der Waals surface area contributed by atoms with Gasteiger partial charge in [-0.25, -0.2) is 0 Å². The fourth-order valence-corrected chi connectivity index (χ4v) is 1.90. The van der Waals surface area contributed by atoms with Gasteiger partial charge in [0.2, 0.25) is 0 Å². The van der Waals surface area contributed by atoms with E-state index >= 15 is 0 Å². The van der Waals surface area contributed by atoms with Gasteiger partial charge >= 0.3 is 0 Å². The van der Waals surface area contributed by atoms with Crippen LogP contribution in [0.4, 0.5) is 0 Å². The lowest BCUT2D eigenvalue weighted by Gasteiger charge is -2.10. The molecule has 0 spiro atoms. The second-order valence-corrected chi connectivity index (χ2v) is 3.68. The summed E-state index contributed by atoms with van der Waals surface area (Å²) in [6.45, 7) is 2.59. The molecule has 0 amide bonds. The number of ether oxygens (including phenoxy) is 1. The molecule has 0 aliphatic heterocycles. The molecule has 0 aliphatic rings. The Kier molecular flexibility index (Phi) is 2.60. The highest BCUT2D eigenvalue weighted by molar-refractivity contribution is 5.88. The molecule has 0 heterocycles. The number of rotatable bonds is 2. The van der Waals surface area contributed by atoms with Crippen molar-refractivity contribution >= 4 is 10.8 Å². The minimum Gasteiger partial charge on any atom is -0.496 e. The first kappa shape index (κ1) is 9.99. The summed E-state index contributed by atoms with van der Waals surface area (Å²) in [6, 6.07) is 10.4. The van der Waals surface area contributed by atoms with Crippen LogP contribution >= 0.6 is 0 Å². The van der Waals surface area contributed by atoms with Crippen LogP contribution in [0.25, 0.3) is 10.8 Å². The van der Waals surface area contributed by atoms with Gasteiger partial charge in [0.05, 0.1) is 7.11 Å². The van der Waals surface area contributed by atoms with Gasteiger partial charge in [0.15, 0.2) is 0 Å². The van der Waals surface area contributed by atoms with Gasteiger partial charge in [0.25, 0.3) is 0 Å². The quantitative estimate of drug-likeness (QED) is 0.810. The van der Waals surface area contributed by atoms with Gasteiger partial charge in [-0.15, -0.1) is 0 Å². The van der Waals surface area contributed by atoms with Gasteiger partial charge in [-0.05, 0) is 23.8 Å². The lowest BCUT2D eigenvalue weighted by atomic mass is 10.0. The number of fused-ring (bicyclic) bond motifs is 1. The van der Waals surface area contributed by atoms with Crippen LogP contribution in [-0.4, -0.2) is 7.11 Å². The van der Waals surface area contributed by atoms with Gasteiger partial charge in [0, 0.05) is 12.1 Å². The molecule has 2 heteroatoms. The molecule has 0 fully saturated rings. The molecule has 2 aromatic carbocycles. The molecule has 0 saturated heterocycles. The highest BCUT2D eigenvalue weighted by atomic mass is 16.5. The Morgan fingerprint density at radius 3 is 2.67 bits per heavy atom. The third-order valence-corrected chi connectivity index (χ3v) is 2.67. The van der Waals surface area contributed by atoms with Gasteiger partial charge < -0.3 is 10.5 Å². The fraction of sp³-hybridized carbons (Fsp3) is 0.231. The molecule has 0 bridgehead atoms. The molecule has 15 heavy (non-hydrogen) atoms. The zero-order valence-corrected chi connectivity index (χ0v) is 9.08. The third-order valence-electron chi connectivity index (χ3n) is 2.67. The number of benzene rings is 2. The van der Waals surface area contributed by atoms with E-state index in [1.165, 1.54) is 16.3 Å². The summed E-state index contributed by atoms with van der Waals surface area (Å²) in [5.41, 5.74) is 8.09. The van der Waals surface area contributed by atoms with Gasteiger partial charge in [-0.3, -0.25) is 0 Å². The van der Waals surface area contributed by atoms with E-state index in [1.54, 1.807) is 7.11 Å². The first-order valence-electron chi connectivity index (χ1n) is 5.02. The van der Waals surface area contributed by atoms with Crippen LogP contribution in [0.15, 0.2) is 30.3 Å². The predicted molar refractivity (Wildman–Crippen MR) is 63.1 cm³/mol. The second-order valence-electron chi connectivity index (χ2n) is 3.68. The lowest BCUT2D eigenvalue weighted by molar-refractivity contribution is 0.410. The van der Waals surface area contributed by atoms with Crippen LogP contribution in [-0.2, 0) is 6.54 Å². The second kappa shape index (κ2) is 3.91. The number of hydrogen-bond donors (Lipinski definition) is 1. The minimum absolute atomic E-state index is 0.504. The van der Waals surface area contributed by atoms with Crippen LogP contribution < -0.4 is 10.5 Å². The molecule has 2 rings (SSSR count). The average Bonchev–Trinajstić information content (AvgIpc) is 2.27. The highest BCUT2D eigenvalue weighted by Crippen LogP contribution is 2.28. The monoisotopic (exact) mass is 201 g/mol. The largest absolute Gasteiger partial charge is 0.496 e. The van der Waals surface area contributed by atoms with Crippen molar-refractivity contribution < 1.29 is 4.74 Å². The summed E-state index contributed by atoms with van der Waals surface area (Å²) < 4.78 is 5.29. The first-order valence-corrected chi connectivity index (χ1v) is 5.02. The van der Waals surface area contributed by atoms with Crippen molar-refractivity contribution in [2.24, 2.45) is 5.73 Å². The summed E-state index contributed by atoms with van der Waals surface area (Å²) in [4.78, 5) is 0. The van der Waals surface area contributed by atoms with Crippen molar-refractivity contribution in [3.8, 4) is 5.75 Å². The average molecular weight is 201 g/mol. The molecule has 0 aromatic heterocycles. The molecule has 0 unspecified atom stereocenters. The summed E-state index contributed by atoms with van der Waals surface area (Å²) in [6.07, 6.45) is 0. The molecule has 78 valence electrons. The van der Waals surface area contributed by atoms with Crippen LogP contribution in [0.5, 0.6) is 5.75 Å². The van der Waals surface area contributed by atoms with E-state index in [0.717, 1.165) is 11.3 Å². The fourth-order valence-electron chi connectivity index (χ4n) is 1.90. The zero-order valence-electron chi connectivity index (χ0n) is 9.08. The number of aryl methyl sites for hydroxylation is 1. The SMILES string of the molecule is COc1ccc2cc(C)ccc2c1CN. The standard InChI is InChI=1S/C13H15NO/c1-9-3-5-11-10(7-9)4-6-13(15-2)12(11)8-14/h3-7H,8,14H2,1-2H3. The van der Waals surface area contributed by atoms with E-state index in [0.29, 0.717) is 6.54 Å². The summed E-state index contributed by atoms with van der Waals surface area (Å²) >= 11 is 0.